The van der Waals surface area contributed by atoms with Crippen molar-refractivity contribution in [2.24, 2.45) is 11.1 Å². The number of nitrogens with one attached hydrogen (secondary N) is 1. The van der Waals surface area contributed by atoms with Gasteiger partial charge in [0, 0.05) is 26.3 Å². The van der Waals surface area contributed by atoms with Gasteiger partial charge in [0.2, 0.25) is 5.91 Å². The molecule has 1 aliphatic rings. The lowest BCUT2D eigenvalue weighted by Gasteiger charge is -2.34. The maximum atomic E-state index is 12.3. The van der Waals surface area contributed by atoms with Gasteiger partial charge >= 0.3 is 0 Å². The summed E-state index contributed by atoms with van der Waals surface area (Å²) < 4.78 is 5.31. The predicted octanol–water partition coefficient (Wildman–Crippen LogP) is 1.52. The number of halogens is 1. The van der Waals surface area contributed by atoms with Crippen LogP contribution in [0, 0.1) is 5.41 Å². The third kappa shape index (κ3) is 4.20. The van der Waals surface area contributed by atoms with Gasteiger partial charge in [-0.1, -0.05) is 30.3 Å². The number of carbonyl (C=O) groups is 1. The van der Waals surface area contributed by atoms with E-state index in [2.05, 4.69) is 17.4 Å². The molecule has 1 amide bonds. The van der Waals surface area contributed by atoms with Crippen molar-refractivity contribution in [1.29, 1.82) is 0 Å². The topological polar surface area (TPSA) is 64.4 Å². The number of carbonyl (C=O) groups excluding carboxylic acids is 1. The first-order valence-corrected chi connectivity index (χ1v) is 6.87. The van der Waals surface area contributed by atoms with Crippen molar-refractivity contribution in [3.8, 4) is 0 Å². The lowest BCUT2D eigenvalue weighted by molar-refractivity contribution is -0.135. The van der Waals surface area contributed by atoms with Gasteiger partial charge in [-0.15, -0.1) is 12.4 Å². The molecule has 0 atom stereocenters. The molecule has 1 heterocycles. The summed E-state index contributed by atoms with van der Waals surface area (Å²) in [5, 5.41) is 3.02. The molecule has 0 bridgehead atoms. The van der Waals surface area contributed by atoms with Gasteiger partial charge < -0.3 is 15.8 Å². The highest BCUT2D eigenvalue weighted by Crippen LogP contribution is 2.29. The number of amides is 1. The number of ether oxygens (including phenoxy) is 1. The van der Waals surface area contributed by atoms with Crippen molar-refractivity contribution in [1.82, 2.24) is 5.32 Å². The van der Waals surface area contributed by atoms with E-state index in [1.807, 2.05) is 18.2 Å². The molecule has 0 radical (unpaired) electrons. The van der Waals surface area contributed by atoms with Gasteiger partial charge in [-0.3, -0.25) is 4.79 Å². The zero-order valence-electron chi connectivity index (χ0n) is 11.6. The number of nitrogens with two attached hydrogens (primary N) is 1. The van der Waals surface area contributed by atoms with E-state index in [-0.39, 0.29) is 18.3 Å². The van der Waals surface area contributed by atoms with Crippen molar-refractivity contribution in [2.45, 2.75) is 19.3 Å². The predicted molar refractivity (Wildman–Crippen MR) is 81.9 cm³/mol. The van der Waals surface area contributed by atoms with Gasteiger partial charge in [0.25, 0.3) is 0 Å². The molecule has 1 fully saturated rings. The molecule has 1 saturated heterocycles. The second-order valence-electron chi connectivity index (χ2n) is 5.09. The van der Waals surface area contributed by atoms with Gasteiger partial charge in [-0.05, 0) is 24.8 Å². The second-order valence-corrected chi connectivity index (χ2v) is 5.09. The third-order valence-electron chi connectivity index (χ3n) is 3.86. The second kappa shape index (κ2) is 8.25. The van der Waals surface area contributed by atoms with E-state index in [1.165, 1.54) is 5.56 Å². The van der Waals surface area contributed by atoms with Gasteiger partial charge in [0.05, 0.1) is 5.41 Å². The van der Waals surface area contributed by atoms with Gasteiger partial charge in [0.15, 0.2) is 0 Å². The Hall–Kier alpha value is -1.10. The molecule has 0 aromatic heterocycles. The Morgan fingerprint density at radius 2 is 1.90 bits per heavy atom. The highest BCUT2D eigenvalue weighted by molar-refractivity contribution is 5.85. The number of hydrogen-bond acceptors (Lipinski definition) is 3. The van der Waals surface area contributed by atoms with Gasteiger partial charge in [-0.2, -0.15) is 0 Å². The summed E-state index contributed by atoms with van der Waals surface area (Å²) in [5.41, 5.74) is 6.62. The van der Waals surface area contributed by atoms with Crippen LogP contribution in [0.1, 0.15) is 18.4 Å². The molecule has 5 heteroatoms. The minimum absolute atomic E-state index is 0. The van der Waals surface area contributed by atoms with Crippen molar-refractivity contribution in [3.05, 3.63) is 35.9 Å². The molecule has 0 aliphatic carbocycles. The highest BCUT2D eigenvalue weighted by Gasteiger charge is 2.38. The zero-order valence-corrected chi connectivity index (χ0v) is 12.5. The first kappa shape index (κ1) is 17.0. The number of hydrogen-bond donors (Lipinski definition) is 2. The fraction of sp³-hybridized carbons (Fsp3) is 0.533. The van der Waals surface area contributed by atoms with Crippen LogP contribution in [0.25, 0.3) is 0 Å². The molecular formula is C15H23ClN2O2. The van der Waals surface area contributed by atoms with Gasteiger partial charge in [0.1, 0.15) is 0 Å². The number of rotatable bonds is 5. The fourth-order valence-electron chi connectivity index (χ4n) is 2.44. The van der Waals surface area contributed by atoms with E-state index < -0.39 is 5.41 Å². The van der Waals surface area contributed by atoms with Crippen LogP contribution in [-0.2, 0) is 16.0 Å². The van der Waals surface area contributed by atoms with Gasteiger partial charge in [-0.25, -0.2) is 0 Å². The Bertz CT molecular complexity index is 406. The van der Waals surface area contributed by atoms with E-state index in [0.29, 0.717) is 26.3 Å². The molecule has 4 nitrogen and oxygen atoms in total. The minimum Gasteiger partial charge on any atom is -0.381 e. The lowest BCUT2D eigenvalue weighted by atomic mass is 9.79. The summed E-state index contributed by atoms with van der Waals surface area (Å²) in [7, 11) is 0. The Morgan fingerprint density at radius 1 is 1.25 bits per heavy atom. The van der Waals surface area contributed by atoms with Crippen molar-refractivity contribution in [2.75, 3.05) is 26.3 Å². The summed E-state index contributed by atoms with van der Waals surface area (Å²) in [5.74, 6) is 0.0780. The molecule has 20 heavy (non-hydrogen) atoms. The van der Waals surface area contributed by atoms with Crippen molar-refractivity contribution >= 4 is 18.3 Å². The monoisotopic (exact) mass is 298 g/mol. The first-order valence-electron chi connectivity index (χ1n) is 6.87. The molecule has 0 spiro atoms. The average Bonchev–Trinajstić information content (AvgIpc) is 2.49. The average molecular weight is 299 g/mol. The summed E-state index contributed by atoms with van der Waals surface area (Å²) >= 11 is 0. The van der Waals surface area contributed by atoms with E-state index in [0.717, 1.165) is 19.3 Å². The molecule has 1 aromatic rings. The Morgan fingerprint density at radius 3 is 2.50 bits per heavy atom. The quantitative estimate of drug-likeness (QED) is 0.866. The molecule has 0 unspecified atom stereocenters. The summed E-state index contributed by atoms with van der Waals surface area (Å²) in [6.07, 6.45) is 2.30. The first-order chi connectivity index (χ1) is 9.27. The normalized spacial score (nSPS) is 17.1. The smallest absolute Gasteiger partial charge is 0.227 e. The maximum absolute atomic E-state index is 12.3. The lowest BCUT2D eigenvalue weighted by Crippen LogP contribution is -2.49. The fourth-order valence-corrected chi connectivity index (χ4v) is 2.44. The number of benzene rings is 1. The molecule has 0 saturated carbocycles. The van der Waals surface area contributed by atoms with Crippen LogP contribution in [0.5, 0.6) is 0 Å². The molecule has 2 rings (SSSR count). The summed E-state index contributed by atoms with van der Waals surface area (Å²) in [6.45, 7) is 2.31. The standard InChI is InChI=1S/C15H22N2O2.ClH/c16-12-15(7-10-19-11-8-15)14(18)17-9-6-13-4-2-1-3-5-13;/h1-5H,6-12,16H2,(H,17,18);1H. The molecule has 112 valence electrons. The minimum atomic E-state index is -0.422. The highest BCUT2D eigenvalue weighted by atomic mass is 35.5. The van der Waals surface area contributed by atoms with Crippen LogP contribution in [0.3, 0.4) is 0 Å². The van der Waals surface area contributed by atoms with E-state index in [1.54, 1.807) is 0 Å². The Labute approximate surface area is 126 Å². The Balaban J connectivity index is 0.00000200. The van der Waals surface area contributed by atoms with Crippen LogP contribution in [0.2, 0.25) is 0 Å². The Kier molecular flexibility index (Phi) is 6.99. The van der Waals surface area contributed by atoms with Crippen LogP contribution in [-0.4, -0.2) is 32.2 Å². The largest absolute Gasteiger partial charge is 0.381 e. The van der Waals surface area contributed by atoms with E-state index >= 15 is 0 Å². The van der Waals surface area contributed by atoms with Crippen LogP contribution in [0.15, 0.2) is 30.3 Å². The van der Waals surface area contributed by atoms with E-state index in [4.69, 9.17) is 10.5 Å². The van der Waals surface area contributed by atoms with E-state index in [9.17, 15) is 4.79 Å². The SMILES string of the molecule is Cl.NCC1(C(=O)NCCc2ccccc2)CCOCC1. The third-order valence-corrected chi connectivity index (χ3v) is 3.86. The molecule has 1 aromatic carbocycles. The summed E-state index contributed by atoms with van der Waals surface area (Å²) in [6, 6.07) is 10.2. The molecular weight excluding hydrogens is 276 g/mol. The molecule has 3 N–H and O–H groups in total. The van der Waals surface area contributed by atoms with Crippen molar-refractivity contribution in [3.63, 3.8) is 0 Å². The van der Waals surface area contributed by atoms with Crippen LogP contribution >= 0.6 is 12.4 Å². The maximum Gasteiger partial charge on any atom is 0.227 e. The summed E-state index contributed by atoms with van der Waals surface area (Å²) in [4.78, 5) is 12.3. The zero-order chi connectivity index (χ0) is 13.6. The molecule has 1 aliphatic heterocycles. The van der Waals surface area contributed by atoms with Crippen LogP contribution < -0.4 is 11.1 Å². The van der Waals surface area contributed by atoms with Crippen molar-refractivity contribution < 1.29 is 9.53 Å². The van der Waals surface area contributed by atoms with Crippen LogP contribution in [0.4, 0.5) is 0 Å².